The lowest BCUT2D eigenvalue weighted by Gasteiger charge is -2.15. The summed E-state index contributed by atoms with van der Waals surface area (Å²) in [6.07, 6.45) is 0. The quantitative estimate of drug-likeness (QED) is 0.593. The summed E-state index contributed by atoms with van der Waals surface area (Å²) < 4.78 is 45.7. The van der Waals surface area contributed by atoms with Crippen molar-refractivity contribution in [2.24, 2.45) is 0 Å². The number of hydrogen-bond acceptors (Lipinski definition) is 4. The van der Waals surface area contributed by atoms with Crippen LogP contribution in [-0.2, 0) is 10.0 Å². The van der Waals surface area contributed by atoms with Gasteiger partial charge in [0.1, 0.15) is 11.6 Å². The van der Waals surface area contributed by atoms with Gasteiger partial charge in [-0.3, -0.25) is 9.52 Å². The van der Waals surface area contributed by atoms with Crippen LogP contribution in [0.25, 0.3) is 0 Å². The number of amides is 1. The number of rotatable bonds is 7. The van der Waals surface area contributed by atoms with Gasteiger partial charge in [0.2, 0.25) is 0 Å². The van der Waals surface area contributed by atoms with Gasteiger partial charge in [-0.2, -0.15) is 0 Å². The maximum Gasteiger partial charge on any atom is 0.261 e. The first kappa shape index (κ1) is 21.3. The summed E-state index contributed by atoms with van der Waals surface area (Å²) in [5, 5.41) is 2.80. The highest BCUT2D eigenvalue weighted by Crippen LogP contribution is 2.20. The lowest BCUT2D eigenvalue weighted by atomic mass is 10.1. The zero-order valence-corrected chi connectivity index (χ0v) is 17.2. The molecule has 0 aliphatic heterocycles. The van der Waals surface area contributed by atoms with Crippen molar-refractivity contribution in [3.05, 3.63) is 89.7 Å². The topological polar surface area (TPSA) is 84.5 Å². The van der Waals surface area contributed by atoms with Crippen LogP contribution in [0.3, 0.4) is 0 Å². The maximum atomic E-state index is 13.0. The molecule has 3 aromatic carbocycles. The third kappa shape index (κ3) is 5.15. The van der Waals surface area contributed by atoms with Crippen molar-refractivity contribution in [1.29, 1.82) is 0 Å². The number of carbonyl (C=O) groups is 1. The van der Waals surface area contributed by atoms with Gasteiger partial charge in [-0.25, -0.2) is 12.8 Å². The molecule has 0 heterocycles. The molecular weight excluding hydrogens is 407 g/mol. The largest absolute Gasteiger partial charge is 0.497 e. The fraction of sp³-hybridized carbons (Fsp3) is 0.136. The first-order chi connectivity index (χ1) is 14.3. The maximum absolute atomic E-state index is 13.0. The lowest BCUT2D eigenvalue weighted by molar-refractivity contribution is 0.0940. The van der Waals surface area contributed by atoms with Crippen LogP contribution in [0.4, 0.5) is 10.1 Å². The van der Waals surface area contributed by atoms with E-state index in [0.717, 1.165) is 5.56 Å². The smallest absolute Gasteiger partial charge is 0.261 e. The molecule has 0 fully saturated rings. The third-order valence-corrected chi connectivity index (χ3v) is 5.88. The number of sulfonamides is 1. The minimum Gasteiger partial charge on any atom is -0.497 e. The number of halogens is 1. The van der Waals surface area contributed by atoms with Gasteiger partial charge in [0, 0.05) is 11.3 Å². The van der Waals surface area contributed by atoms with E-state index in [1.165, 1.54) is 43.5 Å². The minimum atomic E-state index is -3.80. The first-order valence-electron chi connectivity index (χ1n) is 9.12. The van der Waals surface area contributed by atoms with Crippen molar-refractivity contribution in [3.8, 4) is 5.75 Å². The molecule has 0 aliphatic carbocycles. The molecule has 1 atom stereocenters. The van der Waals surface area contributed by atoms with E-state index < -0.39 is 10.0 Å². The van der Waals surface area contributed by atoms with E-state index in [1.54, 1.807) is 43.3 Å². The van der Waals surface area contributed by atoms with E-state index in [1.807, 2.05) is 0 Å². The number of benzene rings is 3. The van der Waals surface area contributed by atoms with Crippen molar-refractivity contribution < 1.29 is 22.3 Å². The lowest BCUT2D eigenvalue weighted by Crippen LogP contribution is -2.26. The highest BCUT2D eigenvalue weighted by Gasteiger charge is 2.16. The van der Waals surface area contributed by atoms with Crippen molar-refractivity contribution in [2.75, 3.05) is 11.8 Å². The molecule has 2 N–H and O–H groups in total. The SMILES string of the molecule is COc1ccc(NS(=O)(=O)c2ccc(C(=O)NC(C)c3ccc(F)cc3)cc2)cc1. The predicted molar refractivity (Wildman–Crippen MR) is 113 cm³/mol. The molecule has 3 aromatic rings. The van der Waals surface area contributed by atoms with Crippen LogP contribution in [0.1, 0.15) is 28.9 Å². The van der Waals surface area contributed by atoms with Crippen molar-refractivity contribution in [1.82, 2.24) is 5.32 Å². The van der Waals surface area contributed by atoms with Crippen LogP contribution in [-0.4, -0.2) is 21.4 Å². The van der Waals surface area contributed by atoms with Gasteiger partial charge in [0.15, 0.2) is 0 Å². The standard InChI is InChI=1S/C22H21FN2O4S/c1-15(16-3-7-18(23)8-4-16)24-22(26)17-5-13-21(14-6-17)30(27,28)25-19-9-11-20(29-2)12-10-19/h3-15,25H,1-2H3,(H,24,26). The third-order valence-electron chi connectivity index (χ3n) is 4.49. The summed E-state index contributed by atoms with van der Waals surface area (Å²) in [6, 6.07) is 17.6. The Balaban J connectivity index is 1.68. The number of methoxy groups -OCH3 is 1. The Hall–Kier alpha value is -3.39. The molecule has 0 radical (unpaired) electrons. The van der Waals surface area contributed by atoms with Crippen molar-refractivity contribution in [3.63, 3.8) is 0 Å². The van der Waals surface area contributed by atoms with E-state index in [2.05, 4.69) is 10.0 Å². The van der Waals surface area contributed by atoms with Gasteiger partial charge >= 0.3 is 0 Å². The minimum absolute atomic E-state index is 0.0291. The van der Waals surface area contributed by atoms with Gasteiger partial charge in [-0.05, 0) is 73.2 Å². The van der Waals surface area contributed by atoms with Crippen LogP contribution >= 0.6 is 0 Å². The number of nitrogens with one attached hydrogen (secondary N) is 2. The Labute approximate surface area is 174 Å². The van der Waals surface area contributed by atoms with E-state index in [-0.39, 0.29) is 22.7 Å². The van der Waals surface area contributed by atoms with Crippen LogP contribution in [0.5, 0.6) is 5.75 Å². The van der Waals surface area contributed by atoms with E-state index in [9.17, 15) is 17.6 Å². The number of ether oxygens (including phenoxy) is 1. The summed E-state index contributed by atoms with van der Waals surface area (Å²) in [5.74, 6) is -0.0978. The summed E-state index contributed by atoms with van der Waals surface area (Å²) in [5.41, 5.74) is 1.46. The fourth-order valence-electron chi connectivity index (χ4n) is 2.77. The molecule has 1 unspecified atom stereocenters. The van der Waals surface area contributed by atoms with Crippen molar-refractivity contribution >= 4 is 21.6 Å². The summed E-state index contributed by atoms with van der Waals surface area (Å²) >= 11 is 0. The summed E-state index contributed by atoms with van der Waals surface area (Å²) in [4.78, 5) is 12.5. The fourth-order valence-corrected chi connectivity index (χ4v) is 3.83. The molecule has 3 rings (SSSR count). The Bertz CT molecular complexity index is 1110. The normalized spacial score (nSPS) is 12.1. The van der Waals surface area contributed by atoms with Crippen LogP contribution in [0.2, 0.25) is 0 Å². The van der Waals surface area contributed by atoms with Gasteiger partial charge in [-0.1, -0.05) is 12.1 Å². The molecule has 0 aromatic heterocycles. The Morgan fingerprint density at radius 1 is 0.933 bits per heavy atom. The predicted octanol–water partition coefficient (Wildman–Crippen LogP) is 4.13. The Morgan fingerprint density at radius 3 is 2.10 bits per heavy atom. The molecule has 0 bridgehead atoms. The zero-order valence-electron chi connectivity index (χ0n) is 16.4. The molecule has 0 saturated carbocycles. The molecule has 6 nitrogen and oxygen atoms in total. The van der Waals surface area contributed by atoms with Gasteiger partial charge in [0.05, 0.1) is 18.0 Å². The molecule has 8 heteroatoms. The molecule has 0 spiro atoms. The second-order valence-electron chi connectivity index (χ2n) is 6.61. The highest BCUT2D eigenvalue weighted by molar-refractivity contribution is 7.92. The Morgan fingerprint density at radius 2 is 1.53 bits per heavy atom. The van der Waals surface area contributed by atoms with Crippen molar-refractivity contribution in [2.45, 2.75) is 17.9 Å². The average molecular weight is 428 g/mol. The average Bonchev–Trinajstić information content (AvgIpc) is 2.74. The molecule has 1 amide bonds. The van der Waals surface area contributed by atoms with Crippen LogP contribution < -0.4 is 14.8 Å². The molecule has 0 saturated heterocycles. The highest BCUT2D eigenvalue weighted by atomic mass is 32.2. The summed E-state index contributed by atoms with van der Waals surface area (Å²) in [6.45, 7) is 1.78. The Kier molecular flexibility index (Phi) is 6.37. The monoisotopic (exact) mass is 428 g/mol. The van der Waals surface area contributed by atoms with Gasteiger partial charge in [0.25, 0.3) is 15.9 Å². The number of hydrogen-bond donors (Lipinski definition) is 2. The summed E-state index contributed by atoms with van der Waals surface area (Å²) in [7, 11) is -2.28. The number of anilines is 1. The second kappa shape index (κ2) is 8.96. The van der Waals surface area contributed by atoms with E-state index in [4.69, 9.17) is 4.74 Å². The molecular formula is C22H21FN2O4S. The van der Waals surface area contributed by atoms with E-state index >= 15 is 0 Å². The molecule has 30 heavy (non-hydrogen) atoms. The molecule has 0 aliphatic rings. The van der Waals surface area contributed by atoms with Gasteiger partial charge < -0.3 is 10.1 Å². The van der Waals surface area contributed by atoms with Crippen LogP contribution in [0, 0.1) is 5.82 Å². The molecule has 156 valence electrons. The first-order valence-corrected chi connectivity index (χ1v) is 10.6. The number of carbonyl (C=O) groups excluding carboxylic acids is 1. The second-order valence-corrected chi connectivity index (χ2v) is 8.29. The zero-order chi connectivity index (χ0) is 21.7. The van der Waals surface area contributed by atoms with E-state index in [0.29, 0.717) is 17.0 Å². The van der Waals surface area contributed by atoms with Gasteiger partial charge in [-0.15, -0.1) is 0 Å². The van der Waals surface area contributed by atoms with Crippen LogP contribution in [0.15, 0.2) is 77.7 Å².